The fourth-order valence-corrected chi connectivity index (χ4v) is 0.767. The molecule has 1 radical (unpaired) electrons. The van der Waals surface area contributed by atoms with Gasteiger partial charge in [0.25, 0.3) is 0 Å². The molecule has 0 aliphatic rings. The highest BCUT2D eigenvalue weighted by Crippen LogP contribution is 2.01. The molecule has 0 amide bonds. The van der Waals surface area contributed by atoms with E-state index in [1.165, 1.54) is 19.3 Å². The van der Waals surface area contributed by atoms with E-state index >= 15 is 0 Å². The van der Waals surface area contributed by atoms with Crippen LogP contribution in [0.4, 0.5) is 0 Å². The summed E-state index contributed by atoms with van der Waals surface area (Å²) < 4.78 is 0. The van der Waals surface area contributed by atoms with Crippen LogP contribution >= 0.6 is 0 Å². The third kappa shape index (κ3) is 7.30. The minimum absolute atomic E-state index is 1.05. The lowest BCUT2D eigenvalue weighted by molar-refractivity contribution is 0.695. The summed E-state index contributed by atoms with van der Waals surface area (Å²) in [5.74, 6) is 2.47. The van der Waals surface area contributed by atoms with Crippen molar-refractivity contribution in [3.05, 3.63) is 19.1 Å². The molecule has 0 aromatic carbocycles. The zero-order valence-corrected chi connectivity index (χ0v) is 6.47. The average molecular weight is 135 g/mol. The Balaban J connectivity index is 2.92. The van der Waals surface area contributed by atoms with Crippen LogP contribution in [0.2, 0.25) is 0 Å². The van der Waals surface area contributed by atoms with Crippen molar-refractivity contribution in [3.63, 3.8) is 0 Å². The van der Waals surface area contributed by atoms with Crippen LogP contribution < -0.4 is 0 Å². The van der Waals surface area contributed by atoms with Gasteiger partial charge in [-0.15, -0.1) is 6.42 Å². The molecular formula is C10H15. The first-order valence-corrected chi connectivity index (χ1v) is 3.82. The Morgan fingerprint density at radius 3 is 2.70 bits per heavy atom. The molecule has 0 heteroatoms. The van der Waals surface area contributed by atoms with Crippen LogP contribution in [0.1, 0.15) is 32.1 Å². The van der Waals surface area contributed by atoms with Gasteiger partial charge in [0.2, 0.25) is 0 Å². The fraction of sp³-hybridized carbons (Fsp3) is 0.500. The molecule has 10 heavy (non-hydrogen) atoms. The van der Waals surface area contributed by atoms with Gasteiger partial charge < -0.3 is 0 Å². The lowest BCUT2D eigenvalue weighted by Gasteiger charge is -1.92. The molecule has 0 bridgehead atoms. The van der Waals surface area contributed by atoms with Crippen molar-refractivity contribution in [1.29, 1.82) is 0 Å². The molecule has 0 atom stereocenters. The van der Waals surface area contributed by atoms with Crippen molar-refractivity contribution >= 4 is 0 Å². The van der Waals surface area contributed by atoms with E-state index in [0.717, 1.165) is 12.8 Å². The maximum atomic E-state index is 5.02. The van der Waals surface area contributed by atoms with Crippen molar-refractivity contribution < 1.29 is 0 Å². The smallest absolute Gasteiger partial charge is 0.0162 e. The third-order valence-electron chi connectivity index (χ3n) is 1.33. The molecule has 0 unspecified atom stereocenters. The van der Waals surface area contributed by atoms with Crippen molar-refractivity contribution in [3.8, 4) is 12.3 Å². The van der Waals surface area contributed by atoms with Crippen LogP contribution in [0, 0.1) is 19.3 Å². The average Bonchev–Trinajstić information content (AvgIpc) is 1.97. The minimum atomic E-state index is 1.05. The fourth-order valence-electron chi connectivity index (χ4n) is 0.767. The van der Waals surface area contributed by atoms with Gasteiger partial charge >= 0.3 is 0 Å². The third-order valence-corrected chi connectivity index (χ3v) is 1.33. The van der Waals surface area contributed by atoms with E-state index in [9.17, 15) is 0 Å². The lowest BCUT2D eigenvalue weighted by Crippen LogP contribution is -1.73. The number of unbranched alkanes of at least 4 members (excludes halogenated alkanes) is 4. The zero-order chi connectivity index (χ0) is 7.66. The minimum Gasteiger partial charge on any atom is -0.115 e. The quantitative estimate of drug-likeness (QED) is 0.401. The molecule has 0 aliphatic heterocycles. The molecule has 0 rings (SSSR count). The van der Waals surface area contributed by atoms with E-state index in [-0.39, 0.29) is 0 Å². The van der Waals surface area contributed by atoms with Gasteiger partial charge in [-0.05, 0) is 18.9 Å². The van der Waals surface area contributed by atoms with Gasteiger partial charge in [-0.25, -0.2) is 0 Å². The molecule has 0 aromatic rings. The molecule has 0 N–H and O–H groups in total. The van der Waals surface area contributed by atoms with E-state index < -0.39 is 0 Å². The molecule has 0 nitrogen and oxygen atoms in total. The van der Waals surface area contributed by atoms with Crippen LogP contribution in [-0.4, -0.2) is 0 Å². The predicted octanol–water partition coefficient (Wildman–Crippen LogP) is 2.96. The summed E-state index contributed by atoms with van der Waals surface area (Å²) in [4.78, 5) is 0. The van der Waals surface area contributed by atoms with Crippen LogP contribution in [-0.2, 0) is 0 Å². The van der Waals surface area contributed by atoms with Crippen LogP contribution in [0.25, 0.3) is 0 Å². The summed E-state index contributed by atoms with van der Waals surface area (Å²) >= 11 is 0. The Kier molecular flexibility index (Phi) is 7.72. The van der Waals surface area contributed by atoms with E-state index in [1.807, 2.05) is 6.08 Å². The molecular weight excluding hydrogens is 120 g/mol. The number of hydrogen-bond acceptors (Lipinski definition) is 0. The highest BCUT2D eigenvalue weighted by atomic mass is 13.9. The molecule has 0 aromatic heterocycles. The van der Waals surface area contributed by atoms with Gasteiger partial charge in [-0.3, -0.25) is 0 Å². The maximum Gasteiger partial charge on any atom is -0.0162 e. The number of allylic oxidation sites excluding steroid dienone is 2. The molecule has 0 spiro atoms. The first-order valence-electron chi connectivity index (χ1n) is 3.82. The topological polar surface area (TPSA) is 0 Å². The maximum absolute atomic E-state index is 5.02. The van der Waals surface area contributed by atoms with E-state index in [2.05, 4.69) is 12.8 Å². The summed E-state index contributed by atoms with van der Waals surface area (Å²) in [6.45, 7) is 3.77. The van der Waals surface area contributed by atoms with E-state index in [1.54, 1.807) is 6.08 Å². The molecule has 0 heterocycles. The number of hydrogen-bond donors (Lipinski definition) is 0. The van der Waals surface area contributed by atoms with Gasteiger partial charge in [-0.1, -0.05) is 38.2 Å². The van der Waals surface area contributed by atoms with Crippen molar-refractivity contribution in [2.24, 2.45) is 0 Å². The number of terminal acetylenes is 1. The SMILES string of the molecule is C#CC=CCCCCC[CH2]. The molecule has 0 saturated carbocycles. The van der Waals surface area contributed by atoms with Gasteiger partial charge in [-0.2, -0.15) is 0 Å². The highest BCUT2D eigenvalue weighted by molar-refractivity contribution is 5.08. The van der Waals surface area contributed by atoms with E-state index in [0.29, 0.717) is 0 Å². The van der Waals surface area contributed by atoms with Gasteiger partial charge in [0.1, 0.15) is 0 Å². The highest BCUT2D eigenvalue weighted by Gasteiger charge is 1.82. The van der Waals surface area contributed by atoms with Gasteiger partial charge in [0.05, 0.1) is 0 Å². The van der Waals surface area contributed by atoms with E-state index in [4.69, 9.17) is 6.42 Å². The van der Waals surface area contributed by atoms with Crippen molar-refractivity contribution in [2.45, 2.75) is 32.1 Å². The first kappa shape index (κ1) is 9.30. The van der Waals surface area contributed by atoms with Crippen LogP contribution in [0.3, 0.4) is 0 Å². The van der Waals surface area contributed by atoms with Gasteiger partial charge in [0, 0.05) is 0 Å². The molecule has 0 aliphatic carbocycles. The summed E-state index contributed by atoms with van der Waals surface area (Å²) in [5, 5.41) is 0. The predicted molar refractivity (Wildman–Crippen MR) is 46.4 cm³/mol. The molecule has 55 valence electrons. The summed E-state index contributed by atoms with van der Waals surface area (Å²) in [6.07, 6.45) is 14.8. The normalized spacial score (nSPS) is 10.0. The molecule has 0 fully saturated rings. The largest absolute Gasteiger partial charge is 0.115 e. The standard InChI is InChI=1S/C10H15/c1-3-5-7-9-10-8-6-4-2/h1,5,7H,2,4,6,8-10H2. The summed E-state index contributed by atoms with van der Waals surface area (Å²) in [7, 11) is 0. The Labute approximate surface area is 64.3 Å². The van der Waals surface area contributed by atoms with Crippen LogP contribution in [0.15, 0.2) is 12.2 Å². The van der Waals surface area contributed by atoms with Crippen molar-refractivity contribution in [1.82, 2.24) is 0 Å². The Hall–Kier alpha value is -0.700. The Morgan fingerprint density at radius 2 is 2.10 bits per heavy atom. The Morgan fingerprint density at radius 1 is 1.30 bits per heavy atom. The summed E-state index contributed by atoms with van der Waals surface area (Å²) in [5.41, 5.74) is 0. The second-order valence-corrected chi connectivity index (χ2v) is 2.27. The summed E-state index contributed by atoms with van der Waals surface area (Å²) in [6, 6.07) is 0. The zero-order valence-electron chi connectivity index (χ0n) is 6.47. The molecule has 0 saturated heterocycles. The second kappa shape index (κ2) is 8.30. The monoisotopic (exact) mass is 135 g/mol. The first-order chi connectivity index (χ1) is 4.91. The Bertz CT molecular complexity index is 114. The van der Waals surface area contributed by atoms with Gasteiger partial charge in [0.15, 0.2) is 0 Å². The lowest BCUT2D eigenvalue weighted by atomic mass is 10.1. The van der Waals surface area contributed by atoms with Crippen molar-refractivity contribution in [2.75, 3.05) is 0 Å². The second-order valence-electron chi connectivity index (χ2n) is 2.27. The van der Waals surface area contributed by atoms with Crippen LogP contribution in [0.5, 0.6) is 0 Å². The number of rotatable bonds is 5.